The normalized spacial score (nSPS) is 17.6. The van der Waals surface area contributed by atoms with Gasteiger partial charge >= 0.3 is 5.97 Å². The highest BCUT2D eigenvalue weighted by Crippen LogP contribution is 2.49. The summed E-state index contributed by atoms with van der Waals surface area (Å²) in [5.41, 5.74) is -0.401. The molecule has 0 unspecified atom stereocenters. The van der Waals surface area contributed by atoms with Gasteiger partial charge in [0.2, 0.25) is 0 Å². The zero-order chi connectivity index (χ0) is 14.8. The van der Waals surface area contributed by atoms with Gasteiger partial charge in [0.1, 0.15) is 11.5 Å². The number of hydrogen-bond donors (Lipinski definition) is 1. The minimum atomic E-state index is -0.972. The van der Waals surface area contributed by atoms with Crippen molar-refractivity contribution in [3.63, 3.8) is 0 Å². The number of aliphatic carboxylic acids is 1. The van der Waals surface area contributed by atoms with Gasteiger partial charge in [0.15, 0.2) is 0 Å². The fraction of sp³-hybridized carbons (Fsp3) is 0.533. The van der Waals surface area contributed by atoms with Crippen molar-refractivity contribution in [1.29, 1.82) is 0 Å². The molecule has 0 atom stereocenters. The molecule has 4 nitrogen and oxygen atoms in total. The second-order valence-corrected chi connectivity index (χ2v) is 5.51. The Morgan fingerprint density at radius 3 is 2.35 bits per heavy atom. The maximum Gasteiger partial charge on any atom is 0.314 e. The van der Waals surface area contributed by atoms with Crippen LogP contribution in [0, 0.1) is 0 Å². The molecule has 0 saturated heterocycles. The average molecular weight is 299 g/mol. The lowest BCUT2D eigenvalue weighted by Gasteiger charge is -2.35. The number of benzene rings is 1. The van der Waals surface area contributed by atoms with E-state index in [0.29, 0.717) is 34.9 Å². The predicted molar refractivity (Wildman–Crippen MR) is 77.0 cm³/mol. The van der Waals surface area contributed by atoms with E-state index >= 15 is 0 Å². The zero-order valence-corrected chi connectivity index (χ0v) is 12.5. The van der Waals surface area contributed by atoms with Gasteiger partial charge in [-0.3, -0.25) is 4.79 Å². The van der Waals surface area contributed by atoms with Crippen LogP contribution in [-0.2, 0) is 10.2 Å². The third-order valence-electron chi connectivity index (χ3n) is 4.09. The Morgan fingerprint density at radius 1 is 1.20 bits per heavy atom. The summed E-state index contributed by atoms with van der Waals surface area (Å²) in [5, 5.41) is 10.2. The number of carbonyl (C=O) groups is 1. The monoisotopic (exact) mass is 298 g/mol. The van der Waals surface area contributed by atoms with Gasteiger partial charge in [-0.15, -0.1) is 0 Å². The smallest absolute Gasteiger partial charge is 0.314 e. The van der Waals surface area contributed by atoms with E-state index in [1.807, 2.05) is 0 Å². The highest BCUT2D eigenvalue weighted by atomic mass is 35.5. The summed E-state index contributed by atoms with van der Waals surface area (Å²) in [6.45, 7) is 0. The molecular formula is C15H19ClO4. The first kappa shape index (κ1) is 15.0. The van der Waals surface area contributed by atoms with Crippen molar-refractivity contribution in [1.82, 2.24) is 0 Å². The Morgan fingerprint density at radius 2 is 1.85 bits per heavy atom. The minimum absolute atomic E-state index is 0.412. The first-order chi connectivity index (χ1) is 9.56. The Bertz CT molecular complexity index is 507. The van der Waals surface area contributed by atoms with Gasteiger partial charge in [0.25, 0.3) is 0 Å². The number of hydrogen-bond acceptors (Lipinski definition) is 3. The molecule has 1 aromatic rings. The van der Waals surface area contributed by atoms with Gasteiger partial charge < -0.3 is 14.6 Å². The summed E-state index contributed by atoms with van der Waals surface area (Å²) in [6.07, 6.45) is 3.97. The van der Waals surface area contributed by atoms with E-state index in [1.165, 1.54) is 14.2 Å². The van der Waals surface area contributed by atoms with Crippen LogP contribution in [0.5, 0.6) is 11.5 Å². The minimum Gasteiger partial charge on any atom is -0.496 e. The molecule has 20 heavy (non-hydrogen) atoms. The molecule has 1 aromatic carbocycles. The third-order valence-corrected chi connectivity index (χ3v) is 4.39. The highest BCUT2D eigenvalue weighted by Gasteiger charge is 2.46. The van der Waals surface area contributed by atoms with E-state index in [1.54, 1.807) is 12.1 Å². The van der Waals surface area contributed by atoms with Crippen LogP contribution in [0.3, 0.4) is 0 Å². The molecule has 1 aliphatic rings. The van der Waals surface area contributed by atoms with Crippen molar-refractivity contribution in [2.75, 3.05) is 14.2 Å². The van der Waals surface area contributed by atoms with Crippen molar-refractivity contribution in [3.8, 4) is 11.5 Å². The van der Waals surface area contributed by atoms with Gasteiger partial charge in [0.05, 0.1) is 30.2 Å². The third kappa shape index (κ3) is 2.33. The van der Waals surface area contributed by atoms with Crippen LogP contribution in [0.4, 0.5) is 0 Å². The zero-order valence-electron chi connectivity index (χ0n) is 11.7. The first-order valence-electron chi connectivity index (χ1n) is 6.71. The van der Waals surface area contributed by atoms with Crippen LogP contribution in [-0.4, -0.2) is 25.3 Å². The molecule has 0 spiro atoms. The van der Waals surface area contributed by atoms with Crippen LogP contribution in [0.25, 0.3) is 0 Å². The van der Waals surface area contributed by atoms with Crippen molar-refractivity contribution in [3.05, 3.63) is 22.7 Å². The summed E-state index contributed by atoms with van der Waals surface area (Å²) < 4.78 is 10.7. The fourth-order valence-electron chi connectivity index (χ4n) is 3.09. The number of halogens is 1. The summed E-state index contributed by atoms with van der Waals surface area (Å²) in [7, 11) is 3.03. The van der Waals surface area contributed by atoms with Gasteiger partial charge in [-0.25, -0.2) is 0 Å². The predicted octanol–water partition coefficient (Wildman–Crippen LogP) is 3.64. The lowest BCUT2D eigenvalue weighted by atomic mass is 9.68. The summed E-state index contributed by atoms with van der Waals surface area (Å²) in [5.74, 6) is 0.0990. The average Bonchev–Trinajstić information content (AvgIpc) is 2.47. The van der Waals surface area contributed by atoms with Crippen LogP contribution < -0.4 is 9.47 Å². The molecular weight excluding hydrogens is 280 g/mol. The summed E-state index contributed by atoms with van der Waals surface area (Å²) in [4.78, 5) is 12.0. The topological polar surface area (TPSA) is 55.8 Å². The second-order valence-electron chi connectivity index (χ2n) is 5.11. The molecule has 0 bridgehead atoms. The highest BCUT2D eigenvalue weighted by molar-refractivity contribution is 6.32. The standard InChI is InChI=1S/C15H19ClO4/c1-19-11-7-6-10(16)13(20-2)12(11)15(14(17)18)8-4-3-5-9-15/h6-7H,3-5,8-9H2,1-2H3,(H,17,18). The van der Waals surface area contributed by atoms with Crippen LogP contribution in [0.15, 0.2) is 12.1 Å². The molecule has 0 aromatic heterocycles. The van der Waals surface area contributed by atoms with E-state index in [4.69, 9.17) is 21.1 Å². The van der Waals surface area contributed by atoms with Crippen LogP contribution in [0.2, 0.25) is 5.02 Å². The Balaban J connectivity index is 2.69. The maximum atomic E-state index is 12.0. The molecule has 1 fully saturated rings. The Labute approximate surface area is 123 Å². The van der Waals surface area contributed by atoms with Gasteiger partial charge in [0, 0.05) is 0 Å². The van der Waals surface area contributed by atoms with Gasteiger partial charge in [-0.05, 0) is 25.0 Å². The van der Waals surface area contributed by atoms with E-state index in [2.05, 4.69) is 0 Å². The van der Waals surface area contributed by atoms with Crippen molar-refractivity contribution in [2.45, 2.75) is 37.5 Å². The molecule has 0 amide bonds. The molecule has 1 N–H and O–H groups in total. The lowest BCUT2D eigenvalue weighted by Crippen LogP contribution is -2.38. The number of rotatable bonds is 4. The largest absolute Gasteiger partial charge is 0.496 e. The number of ether oxygens (including phenoxy) is 2. The number of methoxy groups -OCH3 is 2. The van der Waals surface area contributed by atoms with E-state index in [-0.39, 0.29) is 0 Å². The molecule has 2 rings (SSSR count). The maximum absolute atomic E-state index is 12.0. The molecule has 1 saturated carbocycles. The quantitative estimate of drug-likeness (QED) is 0.922. The Kier molecular flexibility index (Phi) is 4.43. The Hall–Kier alpha value is -1.42. The van der Waals surface area contributed by atoms with Crippen molar-refractivity contribution < 1.29 is 19.4 Å². The van der Waals surface area contributed by atoms with E-state index in [9.17, 15) is 9.90 Å². The van der Waals surface area contributed by atoms with Crippen LogP contribution in [0.1, 0.15) is 37.7 Å². The summed E-state index contributed by atoms with van der Waals surface area (Å²) >= 11 is 6.17. The van der Waals surface area contributed by atoms with E-state index < -0.39 is 11.4 Å². The fourth-order valence-corrected chi connectivity index (χ4v) is 3.32. The lowest BCUT2D eigenvalue weighted by molar-refractivity contribution is -0.145. The number of carboxylic acids is 1. The van der Waals surface area contributed by atoms with Crippen LogP contribution >= 0.6 is 11.6 Å². The van der Waals surface area contributed by atoms with E-state index in [0.717, 1.165) is 19.3 Å². The first-order valence-corrected chi connectivity index (χ1v) is 7.09. The number of carboxylic acid groups (broad SMARTS) is 1. The van der Waals surface area contributed by atoms with Crippen molar-refractivity contribution in [2.24, 2.45) is 0 Å². The molecule has 110 valence electrons. The second kappa shape index (κ2) is 5.92. The van der Waals surface area contributed by atoms with Gasteiger partial charge in [-0.1, -0.05) is 30.9 Å². The molecule has 5 heteroatoms. The van der Waals surface area contributed by atoms with Gasteiger partial charge in [-0.2, -0.15) is 0 Å². The molecule has 0 heterocycles. The van der Waals surface area contributed by atoms with Crippen molar-refractivity contribution >= 4 is 17.6 Å². The molecule has 0 aliphatic heterocycles. The summed E-state index contributed by atoms with van der Waals surface area (Å²) in [6, 6.07) is 3.38. The molecule has 1 aliphatic carbocycles. The molecule has 0 radical (unpaired) electrons. The SMILES string of the molecule is COc1ccc(Cl)c(OC)c1C1(C(=O)O)CCCCC1.